The highest BCUT2D eigenvalue weighted by Crippen LogP contribution is 2.15. The predicted molar refractivity (Wildman–Crippen MR) is 62.9 cm³/mol. The third kappa shape index (κ3) is 2.98. The Labute approximate surface area is 105 Å². The Kier molecular flexibility index (Phi) is 3.81. The summed E-state index contributed by atoms with van der Waals surface area (Å²) in [7, 11) is -1.49. The molecule has 0 amide bonds. The molecule has 0 heterocycles. The highest BCUT2D eigenvalue weighted by Gasteiger charge is 2.08. The second-order valence-electron chi connectivity index (χ2n) is 3.70. The molecule has 2 rings (SSSR count). The number of hydrogen-bond donors (Lipinski definition) is 0. The van der Waals surface area contributed by atoms with Crippen molar-refractivity contribution in [3.63, 3.8) is 0 Å². The molecule has 0 N–H and O–H groups in total. The van der Waals surface area contributed by atoms with Crippen LogP contribution in [0.15, 0.2) is 47.4 Å². The normalized spacial score (nSPS) is 12.4. The molecular weight excluding hydrogens is 261 g/mol. The summed E-state index contributed by atoms with van der Waals surface area (Å²) in [5, 5.41) is 0. The number of halogens is 3. The van der Waals surface area contributed by atoms with Crippen LogP contribution in [-0.4, -0.2) is 4.21 Å². The lowest BCUT2D eigenvalue weighted by atomic mass is 10.2. The van der Waals surface area contributed by atoms with Crippen molar-refractivity contribution in [1.29, 1.82) is 0 Å². The van der Waals surface area contributed by atoms with Gasteiger partial charge in [-0.2, -0.15) is 0 Å². The number of hydrogen-bond acceptors (Lipinski definition) is 1. The molecular formula is C13H9F3OS. The fraction of sp³-hybridized carbons (Fsp3) is 0.0769. The highest BCUT2D eigenvalue weighted by molar-refractivity contribution is 7.84. The van der Waals surface area contributed by atoms with Crippen molar-refractivity contribution in [2.75, 3.05) is 0 Å². The van der Waals surface area contributed by atoms with E-state index in [2.05, 4.69) is 0 Å². The largest absolute Gasteiger partial charge is 0.254 e. The van der Waals surface area contributed by atoms with E-state index in [1.807, 2.05) is 0 Å². The lowest BCUT2D eigenvalue weighted by molar-refractivity contribution is 0.507. The van der Waals surface area contributed by atoms with Gasteiger partial charge in [0.2, 0.25) is 0 Å². The fourth-order valence-electron chi connectivity index (χ4n) is 1.47. The molecule has 2 aromatic rings. The third-order valence-electron chi connectivity index (χ3n) is 2.34. The van der Waals surface area contributed by atoms with Crippen molar-refractivity contribution >= 4 is 10.8 Å². The monoisotopic (exact) mass is 270 g/mol. The summed E-state index contributed by atoms with van der Waals surface area (Å²) in [6.07, 6.45) is 0. The zero-order valence-electron chi connectivity index (χ0n) is 9.20. The first-order chi connectivity index (χ1) is 8.56. The zero-order chi connectivity index (χ0) is 13.1. The van der Waals surface area contributed by atoms with Gasteiger partial charge in [0, 0.05) is 4.90 Å². The second-order valence-corrected chi connectivity index (χ2v) is 5.15. The minimum absolute atomic E-state index is 0.0145. The SMILES string of the molecule is O=S(Cc1ccc(F)c(F)c1)c1cccc(F)c1. The number of rotatable bonds is 3. The Morgan fingerprint density at radius 2 is 1.72 bits per heavy atom. The van der Waals surface area contributed by atoms with Gasteiger partial charge in [-0.25, -0.2) is 13.2 Å². The van der Waals surface area contributed by atoms with Crippen LogP contribution in [0.25, 0.3) is 0 Å². The fourth-order valence-corrected chi connectivity index (χ4v) is 2.60. The van der Waals surface area contributed by atoms with Gasteiger partial charge < -0.3 is 0 Å². The summed E-state index contributed by atoms with van der Waals surface area (Å²) in [5.74, 6) is -2.40. The van der Waals surface area contributed by atoms with Crippen LogP contribution in [0.1, 0.15) is 5.56 Å². The molecule has 0 spiro atoms. The summed E-state index contributed by atoms with van der Waals surface area (Å²) in [5.41, 5.74) is 0.400. The summed E-state index contributed by atoms with van der Waals surface area (Å²) in [6.45, 7) is 0. The van der Waals surface area contributed by atoms with E-state index in [0.29, 0.717) is 10.5 Å². The molecule has 0 saturated heterocycles. The van der Waals surface area contributed by atoms with E-state index < -0.39 is 28.3 Å². The molecule has 5 heteroatoms. The second kappa shape index (κ2) is 5.35. The molecule has 0 bridgehead atoms. The highest BCUT2D eigenvalue weighted by atomic mass is 32.2. The summed E-state index contributed by atoms with van der Waals surface area (Å²) in [4.78, 5) is 0.319. The standard InChI is InChI=1S/C13H9F3OS/c14-10-2-1-3-11(7-10)18(17)8-9-4-5-12(15)13(16)6-9/h1-7H,8H2. The summed E-state index contributed by atoms with van der Waals surface area (Å²) in [6, 6.07) is 8.72. The maximum atomic E-state index is 13.0. The third-order valence-corrected chi connectivity index (χ3v) is 3.72. The molecule has 0 aromatic heterocycles. The van der Waals surface area contributed by atoms with Crippen molar-refractivity contribution in [3.05, 3.63) is 65.5 Å². The van der Waals surface area contributed by atoms with Gasteiger partial charge in [0.15, 0.2) is 11.6 Å². The molecule has 0 saturated carbocycles. The Bertz CT molecular complexity index is 599. The summed E-state index contributed by atoms with van der Waals surface area (Å²) < 4.78 is 50.5. The van der Waals surface area contributed by atoms with Crippen molar-refractivity contribution in [1.82, 2.24) is 0 Å². The molecule has 1 unspecified atom stereocenters. The smallest absolute Gasteiger partial charge is 0.159 e. The molecule has 18 heavy (non-hydrogen) atoms. The van der Waals surface area contributed by atoms with Gasteiger partial charge in [0.25, 0.3) is 0 Å². The van der Waals surface area contributed by atoms with Crippen molar-refractivity contribution < 1.29 is 17.4 Å². The van der Waals surface area contributed by atoms with E-state index in [0.717, 1.165) is 18.2 Å². The van der Waals surface area contributed by atoms with E-state index in [9.17, 15) is 17.4 Å². The molecule has 1 nitrogen and oxygen atoms in total. The van der Waals surface area contributed by atoms with Crippen molar-refractivity contribution in [2.24, 2.45) is 0 Å². The zero-order valence-corrected chi connectivity index (χ0v) is 10.0. The Balaban J connectivity index is 2.18. The first kappa shape index (κ1) is 12.8. The molecule has 0 radical (unpaired) electrons. The van der Waals surface area contributed by atoms with Crippen LogP contribution in [0.4, 0.5) is 13.2 Å². The number of benzene rings is 2. The maximum Gasteiger partial charge on any atom is 0.159 e. The molecule has 94 valence electrons. The van der Waals surface area contributed by atoms with E-state index in [-0.39, 0.29) is 5.75 Å². The van der Waals surface area contributed by atoms with Crippen LogP contribution >= 0.6 is 0 Å². The Morgan fingerprint density at radius 1 is 0.944 bits per heavy atom. The van der Waals surface area contributed by atoms with Crippen LogP contribution in [0.3, 0.4) is 0 Å². The lowest BCUT2D eigenvalue weighted by Gasteiger charge is -2.03. The van der Waals surface area contributed by atoms with Gasteiger partial charge >= 0.3 is 0 Å². The van der Waals surface area contributed by atoms with Gasteiger partial charge in [-0.3, -0.25) is 4.21 Å². The molecule has 0 aliphatic carbocycles. The van der Waals surface area contributed by atoms with E-state index >= 15 is 0 Å². The van der Waals surface area contributed by atoms with Crippen molar-refractivity contribution in [2.45, 2.75) is 10.6 Å². The van der Waals surface area contributed by atoms with Gasteiger partial charge in [0.1, 0.15) is 5.82 Å². The van der Waals surface area contributed by atoms with Crippen LogP contribution in [0.5, 0.6) is 0 Å². The maximum absolute atomic E-state index is 13.0. The van der Waals surface area contributed by atoms with Gasteiger partial charge in [-0.1, -0.05) is 12.1 Å². The van der Waals surface area contributed by atoms with Gasteiger partial charge in [0.05, 0.1) is 16.6 Å². The Morgan fingerprint density at radius 3 is 2.39 bits per heavy atom. The van der Waals surface area contributed by atoms with Gasteiger partial charge in [-0.15, -0.1) is 0 Å². The average Bonchev–Trinajstić information content (AvgIpc) is 2.34. The first-order valence-electron chi connectivity index (χ1n) is 5.14. The topological polar surface area (TPSA) is 17.1 Å². The molecule has 0 aliphatic rings. The minimum Gasteiger partial charge on any atom is -0.254 e. The molecule has 0 aliphatic heterocycles. The molecule has 2 aromatic carbocycles. The Hall–Kier alpha value is -1.62. The lowest BCUT2D eigenvalue weighted by Crippen LogP contribution is -1.98. The van der Waals surface area contributed by atoms with Crippen molar-refractivity contribution in [3.8, 4) is 0 Å². The van der Waals surface area contributed by atoms with E-state index in [4.69, 9.17) is 0 Å². The summed E-state index contributed by atoms with van der Waals surface area (Å²) >= 11 is 0. The molecule has 0 fully saturated rings. The van der Waals surface area contributed by atoms with Crippen LogP contribution in [0.2, 0.25) is 0 Å². The average molecular weight is 270 g/mol. The van der Waals surface area contributed by atoms with Crippen LogP contribution in [-0.2, 0) is 16.6 Å². The first-order valence-corrected chi connectivity index (χ1v) is 6.46. The quantitative estimate of drug-likeness (QED) is 0.835. The molecule has 1 atom stereocenters. The van der Waals surface area contributed by atoms with Crippen LogP contribution < -0.4 is 0 Å². The van der Waals surface area contributed by atoms with E-state index in [1.165, 1.54) is 24.3 Å². The van der Waals surface area contributed by atoms with Gasteiger partial charge in [-0.05, 0) is 35.9 Å². The van der Waals surface area contributed by atoms with Crippen LogP contribution in [0, 0.1) is 17.5 Å². The minimum atomic E-state index is -1.49. The van der Waals surface area contributed by atoms with E-state index in [1.54, 1.807) is 0 Å². The predicted octanol–water partition coefficient (Wildman–Crippen LogP) is 3.41.